The third-order valence-corrected chi connectivity index (χ3v) is 3.00. The summed E-state index contributed by atoms with van der Waals surface area (Å²) in [6, 6.07) is 10.4. The third-order valence-electron chi connectivity index (χ3n) is 3.00. The number of hydrogen-bond acceptors (Lipinski definition) is 3. The van der Waals surface area contributed by atoms with Crippen LogP contribution in [-0.4, -0.2) is 12.0 Å². The molecule has 0 spiro atoms. The molecule has 0 aliphatic heterocycles. The number of benzene rings is 1. The van der Waals surface area contributed by atoms with Gasteiger partial charge in [-0.2, -0.15) is 0 Å². The van der Waals surface area contributed by atoms with Crippen molar-refractivity contribution in [3.05, 3.63) is 59.5 Å². The highest BCUT2D eigenvalue weighted by Gasteiger charge is 2.07. The van der Waals surface area contributed by atoms with Gasteiger partial charge in [0.25, 0.3) is 0 Å². The van der Waals surface area contributed by atoms with E-state index in [4.69, 9.17) is 5.73 Å². The number of pyridine rings is 1. The first kappa shape index (κ1) is 13.5. The molecule has 0 amide bonds. The van der Waals surface area contributed by atoms with Gasteiger partial charge in [-0.3, -0.25) is 0 Å². The summed E-state index contributed by atoms with van der Waals surface area (Å²) in [5.41, 5.74) is 7.81. The Morgan fingerprint density at radius 2 is 2.11 bits per heavy atom. The number of rotatable bonds is 4. The molecule has 0 aliphatic rings. The van der Waals surface area contributed by atoms with Crippen LogP contribution in [0.2, 0.25) is 0 Å². The van der Waals surface area contributed by atoms with E-state index in [1.165, 1.54) is 12.1 Å². The molecule has 2 rings (SSSR count). The Morgan fingerprint density at radius 1 is 1.32 bits per heavy atom. The van der Waals surface area contributed by atoms with Crippen LogP contribution in [0.15, 0.2) is 42.6 Å². The molecule has 19 heavy (non-hydrogen) atoms. The second-order valence-electron chi connectivity index (χ2n) is 4.72. The van der Waals surface area contributed by atoms with Gasteiger partial charge in [0, 0.05) is 25.8 Å². The molecule has 0 bridgehead atoms. The highest BCUT2D eigenvalue weighted by atomic mass is 19.1. The number of nitrogens with two attached hydrogens (primary N) is 1. The van der Waals surface area contributed by atoms with Crippen LogP contribution in [0.4, 0.5) is 10.2 Å². The lowest BCUT2D eigenvalue weighted by molar-refractivity contribution is 0.625. The molecule has 1 aromatic carbocycles. The monoisotopic (exact) mass is 259 g/mol. The summed E-state index contributed by atoms with van der Waals surface area (Å²) in [5, 5.41) is 0. The summed E-state index contributed by atoms with van der Waals surface area (Å²) < 4.78 is 13.1. The van der Waals surface area contributed by atoms with Crippen LogP contribution < -0.4 is 10.6 Å². The molecular weight excluding hydrogens is 241 g/mol. The topological polar surface area (TPSA) is 42.1 Å². The molecule has 1 heterocycles. The Morgan fingerprint density at radius 3 is 2.79 bits per heavy atom. The van der Waals surface area contributed by atoms with Crippen LogP contribution in [0, 0.1) is 5.82 Å². The van der Waals surface area contributed by atoms with Gasteiger partial charge in [-0.15, -0.1) is 0 Å². The van der Waals surface area contributed by atoms with Gasteiger partial charge >= 0.3 is 0 Å². The van der Waals surface area contributed by atoms with Crippen molar-refractivity contribution in [3.8, 4) is 0 Å². The average molecular weight is 259 g/mol. The highest BCUT2D eigenvalue weighted by molar-refractivity contribution is 5.41. The fraction of sp³-hybridized carbons (Fsp3) is 0.267. The lowest BCUT2D eigenvalue weighted by Gasteiger charge is -2.19. The summed E-state index contributed by atoms with van der Waals surface area (Å²) in [6.07, 6.45) is 1.75. The first-order chi connectivity index (χ1) is 9.06. The second-order valence-corrected chi connectivity index (χ2v) is 4.72. The van der Waals surface area contributed by atoms with E-state index in [0.717, 1.165) is 16.9 Å². The normalized spacial score (nSPS) is 12.2. The molecule has 2 N–H and O–H groups in total. The molecule has 4 heteroatoms. The predicted octanol–water partition coefficient (Wildman–Crippen LogP) is 2.88. The predicted molar refractivity (Wildman–Crippen MR) is 75.3 cm³/mol. The van der Waals surface area contributed by atoms with Gasteiger partial charge in [0.1, 0.15) is 11.6 Å². The number of aromatic nitrogens is 1. The van der Waals surface area contributed by atoms with Crippen molar-refractivity contribution >= 4 is 5.82 Å². The van der Waals surface area contributed by atoms with E-state index in [2.05, 4.69) is 4.98 Å². The van der Waals surface area contributed by atoms with Crippen LogP contribution >= 0.6 is 0 Å². The number of nitrogens with zero attached hydrogens (tertiary/aromatic N) is 2. The molecule has 1 aromatic heterocycles. The van der Waals surface area contributed by atoms with Crippen LogP contribution in [0.1, 0.15) is 24.1 Å². The van der Waals surface area contributed by atoms with Gasteiger partial charge in [-0.05, 0) is 42.3 Å². The smallest absolute Gasteiger partial charge is 0.128 e. The minimum Gasteiger partial charge on any atom is -0.355 e. The zero-order valence-electron chi connectivity index (χ0n) is 11.2. The zero-order chi connectivity index (χ0) is 13.8. The summed E-state index contributed by atoms with van der Waals surface area (Å²) >= 11 is 0. The molecule has 0 aliphatic carbocycles. The van der Waals surface area contributed by atoms with Gasteiger partial charge in [-0.25, -0.2) is 9.37 Å². The van der Waals surface area contributed by atoms with Crippen LogP contribution in [0.5, 0.6) is 0 Å². The van der Waals surface area contributed by atoms with Gasteiger partial charge in [-0.1, -0.05) is 12.1 Å². The van der Waals surface area contributed by atoms with Crippen LogP contribution in [0.3, 0.4) is 0 Å². The Labute approximate surface area is 112 Å². The van der Waals surface area contributed by atoms with Crippen molar-refractivity contribution in [2.24, 2.45) is 5.73 Å². The average Bonchev–Trinajstić information content (AvgIpc) is 2.39. The van der Waals surface area contributed by atoms with E-state index in [0.29, 0.717) is 6.54 Å². The van der Waals surface area contributed by atoms with Crippen molar-refractivity contribution in [2.75, 3.05) is 11.9 Å². The SMILES string of the molecule is C[C@H](N)c1ccnc(N(C)Cc2cccc(F)c2)c1. The lowest BCUT2D eigenvalue weighted by atomic mass is 10.1. The molecule has 100 valence electrons. The van der Waals surface area contributed by atoms with E-state index in [9.17, 15) is 4.39 Å². The minimum absolute atomic E-state index is 0.0238. The minimum atomic E-state index is -0.219. The van der Waals surface area contributed by atoms with Crippen LogP contribution in [0.25, 0.3) is 0 Å². The second kappa shape index (κ2) is 5.80. The summed E-state index contributed by atoms with van der Waals surface area (Å²) in [4.78, 5) is 6.29. The van der Waals surface area contributed by atoms with Crippen molar-refractivity contribution in [1.29, 1.82) is 0 Å². The fourth-order valence-electron chi connectivity index (χ4n) is 1.92. The first-order valence-electron chi connectivity index (χ1n) is 6.23. The zero-order valence-corrected chi connectivity index (χ0v) is 11.2. The Bertz CT molecular complexity index is 555. The number of anilines is 1. The molecule has 0 saturated heterocycles. The molecular formula is C15H18FN3. The van der Waals surface area contributed by atoms with E-state index >= 15 is 0 Å². The van der Waals surface area contributed by atoms with Gasteiger partial charge in [0.15, 0.2) is 0 Å². The molecule has 0 radical (unpaired) electrons. The molecule has 0 saturated carbocycles. The van der Waals surface area contributed by atoms with Crippen molar-refractivity contribution in [3.63, 3.8) is 0 Å². The van der Waals surface area contributed by atoms with Gasteiger partial charge in [0.05, 0.1) is 0 Å². The quantitative estimate of drug-likeness (QED) is 0.918. The van der Waals surface area contributed by atoms with E-state index in [-0.39, 0.29) is 11.9 Å². The number of hydrogen-bond donors (Lipinski definition) is 1. The third kappa shape index (κ3) is 3.51. The van der Waals surface area contributed by atoms with Crippen molar-refractivity contribution in [1.82, 2.24) is 4.98 Å². The maximum absolute atomic E-state index is 13.1. The molecule has 1 atom stereocenters. The maximum atomic E-state index is 13.1. The van der Waals surface area contributed by atoms with E-state index < -0.39 is 0 Å². The summed E-state index contributed by atoms with van der Waals surface area (Å²) in [6.45, 7) is 2.54. The molecule has 2 aromatic rings. The Kier molecular flexibility index (Phi) is 4.12. The molecule has 0 unspecified atom stereocenters. The standard InChI is InChI=1S/C15H18FN3/c1-11(17)13-6-7-18-15(9-13)19(2)10-12-4-3-5-14(16)8-12/h3-9,11H,10,17H2,1-2H3/t11-/m0/s1. The molecule has 3 nitrogen and oxygen atoms in total. The van der Waals surface area contributed by atoms with Gasteiger partial charge < -0.3 is 10.6 Å². The van der Waals surface area contributed by atoms with Gasteiger partial charge in [0.2, 0.25) is 0 Å². The Hall–Kier alpha value is -1.94. The Balaban J connectivity index is 2.15. The van der Waals surface area contributed by atoms with E-state index in [1.54, 1.807) is 12.3 Å². The van der Waals surface area contributed by atoms with Crippen molar-refractivity contribution < 1.29 is 4.39 Å². The lowest BCUT2D eigenvalue weighted by Crippen LogP contribution is -2.18. The highest BCUT2D eigenvalue weighted by Crippen LogP contribution is 2.17. The number of halogens is 1. The largest absolute Gasteiger partial charge is 0.355 e. The molecule has 0 fully saturated rings. The first-order valence-corrected chi connectivity index (χ1v) is 6.23. The van der Waals surface area contributed by atoms with Crippen molar-refractivity contribution in [2.45, 2.75) is 19.5 Å². The maximum Gasteiger partial charge on any atom is 0.128 e. The summed E-state index contributed by atoms with van der Waals surface area (Å²) in [5.74, 6) is 0.613. The van der Waals surface area contributed by atoms with Crippen LogP contribution in [-0.2, 0) is 6.54 Å². The fourth-order valence-corrected chi connectivity index (χ4v) is 1.92. The summed E-state index contributed by atoms with van der Waals surface area (Å²) in [7, 11) is 1.93. The van der Waals surface area contributed by atoms with E-state index in [1.807, 2.05) is 37.1 Å².